The summed E-state index contributed by atoms with van der Waals surface area (Å²) in [5.41, 5.74) is 0. The van der Waals surface area contributed by atoms with E-state index in [1.165, 1.54) is 0 Å². The Morgan fingerprint density at radius 2 is 0.636 bits per heavy atom. The smallest absolute Gasteiger partial charge is 0.417 e. The van der Waals surface area contributed by atoms with Gasteiger partial charge in [-0.1, -0.05) is 0 Å². The number of hydrogen-bond donors (Lipinski definition) is 0. The molecule has 0 amide bonds. The highest BCUT2D eigenvalue weighted by Crippen LogP contribution is 1.90. The van der Waals surface area contributed by atoms with Gasteiger partial charge in [-0.2, -0.15) is 0 Å². The molecule has 1 aliphatic rings. The SMILES string of the molecule is O=C1OCCOCCOC(=O)C(=O)OCCOCCOC1=O. The summed E-state index contributed by atoms with van der Waals surface area (Å²) < 4.78 is 28.2. The van der Waals surface area contributed by atoms with Crippen LogP contribution in [0.25, 0.3) is 0 Å². The molecule has 0 aromatic heterocycles. The molecule has 0 N–H and O–H groups in total. The number of esters is 4. The van der Waals surface area contributed by atoms with Crippen LogP contribution in [0.5, 0.6) is 0 Å². The minimum atomic E-state index is -1.13. The molecular weight excluding hydrogens is 304 g/mol. The zero-order valence-electron chi connectivity index (χ0n) is 11.7. The summed E-state index contributed by atoms with van der Waals surface area (Å²) in [6.45, 7) is -0.704. The Morgan fingerprint density at radius 3 is 0.864 bits per heavy atom. The van der Waals surface area contributed by atoms with Crippen molar-refractivity contribution in [2.24, 2.45) is 0 Å². The molecule has 1 fully saturated rings. The topological polar surface area (TPSA) is 124 Å². The van der Waals surface area contributed by atoms with Crippen LogP contribution in [0.1, 0.15) is 0 Å². The second kappa shape index (κ2) is 10.5. The molecule has 0 aliphatic carbocycles. The van der Waals surface area contributed by atoms with Crippen LogP contribution in [0, 0.1) is 0 Å². The zero-order chi connectivity index (χ0) is 16.2. The maximum absolute atomic E-state index is 11.2. The Hall–Kier alpha value is -2.20. The standard InChI is InChI=1S/C12H16O10/c13-9-10(14)21-7-3-18-4-8-22-12(16)11(15)20-6-2-17-1-5-19-9/h1-8H2. The van der Waals surface area contributed by atoms with E-state index < -0.39 is 23.9 Å². The van der Waals surface area contributed by atoms with Crippen molar-refractivity contribution >= 4 is 23.9 Å². The first-order valence-corrected chi connectivity index (χ1v) is 6.44. The van der Waals surface area contributed by atoms with E-state index in [0.717, 1.165) is 0 Å². The molecule has 10 nitrogen and oxygen atoms in total. The molecule has 0 radical (unpaired) electrons. The van der Waals surface area contributed by atoms with Crippen molar-refractivity contribution in [3.63, 3.8) is 0 Å². The van der Waals surface area contributed by atoms with Crippen LogP contribution in [0.4, 0.5) is 0 Å². The highest BCUT2D eigenvalue weighted by atomic mass is 16.6. The zero-order valence-corrected chi connectivity index (χ0v) is 11.7. The summed E-state index contributed by atoms with van der Waals surface area (Å²) in [7, 11) is 0. The number of rotatable bonds is 0. The van der Waals surface area contributed by atoms with Gasteiger partial charge in [-0.25, -0.2) is 19.2 Å². The predicted octanol–water partition coefficient (Wildman–Crippen LogP) is -1.79. The first-order valence-electron chi connectivity index (χ1n) is 6.44. The molecule has 0 spiro atoms. The van der Waals surface area contributed by atoms with Crippen LogP contribution in [0.3, 0.4) is 0 Å². The fraction of sp³-hybridized carbons (Fsp3) is 0.667. The van der Waals surface area contributed by atoms with E-state index in [0.29, 0.717) is 0 Å². The molecule has 124 valence electrons. The van der Waals surface area contributed by atoms with Gasteiger partial charge in [0, 0.05) is 0 Å². The molecule has 1 heterocycles. The van der Waals surface area contributed by atoms with Crippen molar-refractivity contribution in [2.45, 2.75) is 0 Å². The maximum Gasteiger partial charge on any atom is 0.417 e. The Morgan fingerprint density at radius 1 is 0.409 bits per heavy atom. The number of carbonyl (C=O) groups is 4. The van der Waals surface area contributed by atoms with Crippen molar-refractivity contribution in [3.8, 4) is 0 Å². The minimum absolute atomic E-state index is 0.00979. The van der Waals surface area contributed by atoms with Crippen LogP contribution in [0.15, 0.2) is 0 Å². The van der Waals surface area contributed by atoms with Gasteiger partial charge in [-0.05, 0) is 0 Å². The highest BCUT2D eigenvalue weighted by molar-refractivity contribution is 6.30. The molecule has 0 saturated carbocycles. The highest BCUT2D eigenvalue weighted by Gasteiger charge is 2.18. The van der Waals surface area contributed by atoms with Crippen LogP contribution in [-0.4, -0.2) is 76.7 Å². The van der Waals surface area contributed by atoms with E-state index in [2.05, 4.69) is 18.9 Å². The fourth-order valence-corrected chi connectivity index (χ4v) is 1.21. The molecule has 22 heavy (non-hydrogen) atoms. The summed E-state index contributed by atoms with van der Waals surface area (Å²) in [5, 5.41) is 0. The molecule has 0 bridgehead atoms. The third-order valence-electron chi connectivity index (χ3n) is 2.18. The molecule has 0 aromatic rings. The van der Waals surface area contributed by atoms with E-state index in [1.54, 1.807) is 0 Å². The molecule has 0 atom stereocenters. The van der Waals surface area contributed by atoms with Crippen LogP contribution in [-0.2, 0) is 47.6 Å². The summed E-state index contributed by atoms with van der Waals surface area (Å²) in [5.74, 6) is -4.54. The first-order chi connectivity index (χ1) is 10.6. The number of hydrogen-bond acceptors (Lipinski definition) is 10. The van der Waals surface area contributed by atoms with E-state index in [9.17, 15) is 19.2 Å². The van der Waals surface area contributed by atoms with Gasteiger partial charge in [0.2, 0.25) is 0 Å². The van der Waals surface area contributed by atoms with Gasteiger partial charge < -0.3 is 28.4 Å². The summed E-state index contributed by atoms with van der Waals surface area (Å²) >= 11 is 0. The van der Waals surface area contributed by atoms with Gasteiger partial charge in [0.15, 0.2) is 0 Å². The van der Waals surface area contributed by atoms with Crippen molar-refractivity contribution in [2.75, 3.05) is 52.9 Å². The molecule has 1 rings (SSSR count). The number of ether oxygens (including phenoxy) is 6. The molecule has 0 unspecified atom stereocenters. The van der Waals surface area contributed by atoms with Crippen LogP contribution >= 0.6 is 0 Å². The fourth-order valence-electron chi connectivity index (χ4n) is 1.21. The second-order valence-corrected chi connectivity index (χ2v) is 3.77. The van der Waals surface area contributed by atoms with E-state index >= 15 is 0 Å². The number of carbonyl (C=O) groups excluding carboxylic acids is 4. The van der Waals surface area contributed by atoms with Gasteiger partial charge >= 0.3 is 23.9 Å². The average molecular weight is 320 g/mol. The molecule has 0 aromatic carbocycles. The van der Waals surface area contributed by atoms with Crippen LogP contribution in [0.2, 0.25) is 0 Å². The summed E-state index contributed by atoms with van der Waals surface area (Å²) in [4.78, 5) is 44.7. The molecule has 1 saturated heterocycles. The van der Waals surface area contributed by atoms with Crippen molar-refractivity contribution in [3.05, 3.63) is 0 Å². The lowest BCUT2D eigenvalue weighted by atomic mass is 10.6. The first kappa shape index (κ1) is 17.9. The third-order valence-corrected chi connectivity index (χ3v) is 2.18. The monoisotopic (exact) mass is 320 g/mol. The van der Waals surface area contributed by atoms with Crippen LogP contribution < -0.4 is 0 Å². The number of cyclic esters (lactones) is 4. The van der Waals surface area contributed by atoms with E-state index in [4.69, 9.17) is 9.47 Å². The lowest BCUT2D eigenvalue weighted by Gasteiger charge is -2.09. The Kier molecular flexibility index (Phi) is 8.53. The lowest BCUT2D eigenvalue weighted by Crippen LogP contribution is -2.26. The minimum Gasteiger partial charge on any atom is -0.455 e. The van der Waals surface area contributed by atoms with E-state index in [-0.39, 0.29) is 52.9 Å². The van der Waals surface area contributed by atoms with Gasteiger partial charge in [0.25, 0.3) is 0 Å². The molecule has 10 heteroatoms. The lowest BCUT2D eigenvalue weighted by molar-refractivity contribution is -0.171. The largest absolute Gasteiger partial charge is 0.455 e. The van der Waals surface area contributed by atoms with E-state index in [1.807, 2.05) is 0 Å². The van der Waals surface area contributed by atoms with Crippen molar-refractivity contribution < 1.29 is 47.6 Å². The van der Waals surface area contributed by atoms with Crippen molar-refractivity contribution in [1.29, 1.82) is 0 Å². The normalized spacial score (nSPS) is 20.7. The van der Waals surface area contributed by atoms with Crippen molar-refractivity contribution in [1.82, 2.24) is 0 Å². The van der Waals surface area contributed by atoms with Gasteiger partial charge in [-0.3, -0.25) is 0 Å². The maximum atomic E-state index is 11.2. The van der Waals surface area contributed by atoms with Gasteiger partial charge in [0.05, 0.1) is 26.4 Å². The summed E-state index contributed by atoms with van der Waals surface area (Å²) in [6, 6.07) is 0. The third kappa shape index (κ3) is 7.55. The Labute approximate surface area is 125 Å². The summed E-state index contributed by atoms with van der Waals surface area (Å²) in [6.07, 6.45) is 0. The average Bonchev–Trinajstić information content (AvgIpc) is 2.51. The Balaban J connectivity index is 2.38. The van der Waals surface area contributed by atoms with Gasteiger partial charge in [-0.15, -0.1) is 0 Å². The molecule has 1 aliphatic heterocycles. The van der Waals surface area contributed by atoms with Gasteiger partial charge in [0.1, 0.15) is 26.4 Å². The Bertz CT molecular complexity index is 331. The predicted molar refractivity (Wildman–Crippen MR) is 65.5 cm³/mol. The second-order valence-electron chi connectivity index (χ2n) is 3.77. The molecular formula is C12H16O10. The quantitative estimate of drug-likeness (QED) is 0.287.